The van der Waals surface area contributed by atoms with Gasteiger partial charge in [0.15, 0.2) is 23.0 Å². The highest BCUT2D eigenvalue weighted by Gasteiger charge is 2.48. The third kappa shape index (κ3) is 2.83. The largest absolute Gasteiger partial charge is 0.449 e. The molecule has 172 valence electrons. The van der Waals surface area contributed by atoms with Gasteiger partial charge in [0.2, 0.25) is 0 Å². The standard InChI is InChI=1S/C33H23NO2/c1-34-21-22-16-18-28-30(20-22)36-32-29(35-28)19-17-27-31(32)25-14-8-9-15-26(25)33(27,23-10-4-2-5-11-23)24-12-6-3-7-13-24/h2-20H,1,21H2. The molecule has 7 rings (SSSR count). The molecule has 5 aromatic rings. The number of hydrogen-bond donors (Lipinski definition) is 0. The molecule has 3 nitrogen and oxygen atoms in total. The van der Waals surface area contributed by atoms with E-state index in [4.69, 9.17) is 9.47 Å². The minimum atomic E-state index is -0.471. The van der Waals surface area contributed by atoms with Gasteiger partial charge in [-0.3, -0.25) is 4.99 Å². The maximum atomic E-state index is 6.64. The topological polar surface area (TPSA) is 30.8 Å². The Hall–Kier alpha value is -4.63. The van der Waals surface area contributed by atoms with Crippen LogP contribution in [-0.2, 0) is 12.0 Å². The quantitative estimate of drug-likeness (QED) is 0.246. The molecule has 1 aliphatic heterocycles. The van der Waals surface area contributed by atoms with Gasteiger partial charge in [0, 0.05) is 5.56 Å². The van der Waals surface area contributed by atoms with Crippen LogP contribution in [0.1, 0.15) is 27.8 Å². The number of fused-ring (bicyclic) bond motifs is 6. The second kappa shape index (κ2) is 7.96. The third-order valence-electron chi connectivity index (χ3n) is 7.27. The molecule has 0 radical (unpaired) electrons. The van der Waals surface area contributed by atoms with Crippen molar-refractivity contribution < 1.29 is 9.47 Å². The zero-order valence-electron chi connectivity index (χ0n) is 19.6. The van der Waals surface area contributed by atoms with E-state index in [9.17, 15) is 0 Å². The van der Waals surface area contributed by atoms with Crippen molar-refractivity contribution in [3.05, 3.63) is 143 Å². The highest BCUT2D eigenvalue weighted by molar-refractivity contribution is 5.91. The third-order valence-corrected chi connectivity index (χ3v) is 7.27. The zero-order chi connectivity index (χ0) is 24.1. The highest BCUT2D eigenvalue weighted by Crippen LogP contribution is 2.62. The molecule has 0 N–H and O–H groups in total. The summed E-state index contributed by atoms with van der Waals surface area (Å²) in [7, 11) is 0. The molecule has 36 heavy (non-hydrogen) atoms. The van der Waals surface area contributed by atoms with Crippen molar-refractivity contribution in [3.8, 4) is 34.1 Å². The minimum Gasteiger partial charge on any atom is -0.449 e. The van der Waals surface area contributed by atoms with E-state index < -0.39 is 5.41 Å². The summed E-state index contributed by atoms with van der Waals surface area (Å²) >= 11 is 0. The molecule has 3 heteroatoms. The van der Waals surface area contributed by atoms with Crippen LogP contribution in [0, 0.1) is 0 Å². The Morgan fingerprint density at radius 3 is 2.00 bits per heavy atom. The molecule has 5 aromatic carbocycles. The Bertz CT molecular complexity index is 1580. The van der Waals surface area contributed by atoms with Crippen molar-refractivity contribution in [2.75, 3.05) is 0 Å². The van der Waals surface area contributed by atoms with Crippen LogP contribution in [0.2, 0.25) is 0 Å². The Morgan fingerprint density at radius 2 is 1.28 bits per heavy atom. The maximum absolute atomic E-state index is 6.64. The average Bonchev–Trinajstić information content (AvgIpc) is 3.25. The van der Waals surface area contributed by atoms with Crippen LogP contribution in [0.4, 0.5) is 0 Å². The van der Waals surface area contributed by atoms with Crippen LogP contribution in [0.3, 0.4) is 0 Å². The number of rotatable bonds is 4. The summed E-state index contributed by atoms with van der Waals surface area (Å²) in [6, 6.07) is 40.3. The average molecular weight is 466 g/mol. The van der Waals surface area contributed by atoms with Crippen LogP contribution in [0.15, 0.2) is 120 Å². The van der Waals surface area contributed by atoms with Gasteiger partial charge in [0.05, 0.1) is 12.0 Å². The maximum Gasteiger partial charge on any atom is 0.178 e. The summed E-state index contributed by atoms with van der Waals surface area (Å²) in [6.45, 7) is 4.16. The molecule has 0 amide bonds. The van der Waals surface area contributed by atoms with Crippen LogP contribution in [0.25, 0.3) is 11.1 Å². The molecule has 0 spiro atoms. The van der Waals surface area contributed by atoms with Crippen LogP contribution in [0.5, 0.6) is 23.0 Å². The van der Waals surface area contributed by atoms with Gasteiger partial charge in [-0.05, 0) is 58.3 Å². The fraction of sp³-hybridized carbons (Fsp3) is 0.0606. The monoisotopic (exact) mass is 465 g/mol. The van der Waals surface area contributed by atoms with Crippen molar-refractivity contribution in [3.63, 3.8) is 0 Å². The molecular weight excluding hydrogens is 442 g/mol. The van der Waals surface area contributed by atoms with E-state index in [0.717, 1.165) is 28.2 Å². The van der Waals surface area contributed by atoms with E-state index in [2.05, 4.69) is 103 Å². The van der Waals surface area contributed by atoms with Gasteiger partial charge < -0.3 is 9.47 Å². The van der Waals surface area contributed by atoms with E-state index in [-0.39, 0.29) is 0 Å². The SMILES string of the molecule is C=NCc1ccc2c(c1)Oc1c(ccc3c1-c1ccccc1C3(c1ccccc1)c1ccccc1)O2. The molecule has 0 saturated carbocycles. The van der Waals surface area contributed by atoms with Crippen LogP contribution < -0.4 is 9.47 Å². The van der Waals surface area contributed by atoms with Crippen molar-refractivity contribution in [2.24, 2.45) is 4.99 Å². The first-order valence-electron chi connectivity index (χ1n) is 12.1. The zero-order valence-corrected chi connectivity index (χ0v) is 19.6. The molecule has 0 fully saturated rings. The van der Waals surface area contributed by atoms with Gasteiger partial charge in [-0.25, -0.2) is 0 Å². The molecule has 1 aliphatic carbocycles. The molecular formula is C33H23NO2. The second-order valence-corrected chi connectivity index (χ2v) is 9.21. The lowest BCUT2D eigenvalue weighted by Gasteiger charge is -2.34. The van der Waals surface area contributed by atoms with Gasteiger partial charge in [-0.2, -0.15) is 0 Å². The van der Waals surface area contributed by atoms with Gasteiger partial charge in [0.25, 0.3) is 0 Å². The highest BCUT2D eigenvalue weighted by atomic mass is 16.6. The molecule has 0 aromatic heterocycles. The van der Waals surface area contributed by atoms with Crippen LogP contribution >= 0.6 is 0 Å². The number of nitrogens with zero attached hydrogens (tertiary/aromatic N) is 1. The van der Waals surface area contributed by atoms with Gasteiger partial charge in [-0.1, -0.05) is 97.1 Å². The number of aliphatic imine (C=N–C) groups is 1. The van der Waals surface area contributed by atoms with Crippen molar-refractivity contribution in [2.45, 2.75) is 12.0 Å². The van der Waals surface area contributed by atoms with Gasteiger partial charge in [-0.15, -0.1) is 0 Å². The lowest BCUT2D eigenvalue weighted by Crippen LogP contribution is -2.28. The van der Waals surface area contributed by atoms with E-state index in [0.29, 0.717) is 18.0 Å². The van der Waals surface area contributed by atoms with E-state index >= 15 is 0 Å². The number of ether oxygens (including phenoxy) is 2. The Balaban J connectivity index is 1.53. The molecule has 0 bridgehead atoms. The Kier molecular flexibility index (Phi) is 4.58. The van der Waals surface area contributed by atoms with E-state index in [1.807, 2.05) is 24.3 Å². The first kappa shape index (κ1) is 20.7. The minimum absolute atomic E-state index is 0.471. The van der Waals surface area contributed by atoms with Crippen molar-refractivity contribution in [1.29, 1.82) is 0 Å². The number of hydrogen-bond acceptors (Lipinski definition) is 3. The first-order chi connectivity index (χ1) is 17.8. The second-order valence-electron chi connectivity index (χ2n) is 9.21. The predicted octanol–water partition coefficient (Wildman–Crippen LogP) is 8.15. The van der Waals surface area contributed by atoms with Crippen LogP contribution in [-0.4, -0.2) is 6.72 Å². The van der Waals surface area contributed by atoms with E-state index in [1.165, 1.54) is 22.3 Å². The molecule has 0 saturated heterocycles. The summed E-state index contributed by atoms with van der Waals surface area (Å²) in [5.74, 6) is 2.89. The summed E-state index contributed by atoms with van der Waals surface area (Å²) in [5.41, 5.74) is 7.67. The molecule has 0 unspecified atom stereocenters. The normalized spacial score (nSPS) is 13.9. The summed E-state index contributed by atoms with van der Waals surface area (Å²) < 4.78 is 13.0. The number of benzene rings is 5. The molecule has 0 atom stereocenters. The summed E-state index contributed by atoms with van der Waals surface area (Å²) in [6.07, 6.45) is 0. The predicted molar refractivity (Wildman–Crippen MR) is 144 cm³/mol. The fourth-order valence-corrected chi connectivity index (χ4v) is 5.84. The fourth-order valence-electron chi connectivity index (χ4n) is 5.84. The molecule has 1 heterocycles. The summed E-state index contributed by atoms with van der Waals surface area (Å²) in [4.78, 5) is 4.03. The Morgan fingerprint density at radius 1 is 0.611 bits per heavy atom. The van der Waals surface area contributed by atoms with Gasteiger partial charge >= 0.3 is 0 Å². The van der Waals surface area contributed by atoms with Crippen molar-refractivity contribution in [1.82, 2.24) is 0 Å². The lowest BCUT2D eigenvalue weighted by molar-refractivity contribution is 0.360. The van der Waals surface area contributed by atoms with Gasteiger partial charge in [0.1, 0.15) is 0 Å². The Labute approximate surface area is 210 Å². The smallest absolute Gasteiger partial charge is 0.178 e. The molecule has 2 aliphatic rings. The summed E-state index contributed by atoms with van der Waals surface area (Å²) in [5, 5.41) is 0. The van der Waals surface area contributed by atoms with E-state index in [1.54, 1.807) is 0 Å². The van der Waals surface area contributed by atoms with Crippen molar-refractivity contribution >= 4 is 6.72 Å². The first-order valence-corrected chi connectivity index (χ1v) is 12.1. The lowest BCUT2D eigenvalue weighted by atomic mass is 9.68.